The van der Waals surface area contributed by atoms with Crippen LogP contribution in [0.3, 0.4) is 0 Å². The van der Waals surface area contributed by atoms with Gasteiger partial charge >= 0.3 is 0 Å². The summed E-state index contributed by atoms with van der Waals surface area (Å²) in [6.45, 7) is 8.45. The van der Waals surface area contributed by atoms with Crippen LogP contribution in [0.4, 0.5) is 5.69 Å². The van der Waals surface area contributed by atoms with E-state index in [2.05, 4.69) is 25.7 Å². The standard InChI is InChI=1S/C16H27N3O/c1-5-12(6-2)11-19(7-3)15-10-13(20-4)8-9-14(15)16(17)18/h8-10,12H,5-7,11H2,1-4H3,(H3,17,18). The Labute approximate surface area is 122 Å². The molecule has 0 bridgehead atoms. The highest BCUT2D eigenvalue weighted by atomic mass is 16.5. The number of methoxy groups -OCH3 is 1. The molecule has 0 radical (unpaired) electrons. The van der Waals surface area contributed by atoms with Crippen molar-refractivity contribution in [1.82, 2.24) is 0 Å². The van der Waals surface area contributed by atoms with Crippen molar-refractivity contribution >= 4 is 11.5 Å². The summed E-state index contributed by atoms with van der Waals surface area (Å²) >= 11 is 0. The van der Waals surface area contributed by atoms with Crippen molar-refractivity contribution in [3.05, 3.63) is 23.8 Å². The maximum absolute atomic E-state index is 7.75. The predicted molar refractivity (Wildman–Crippen MR) is 86.0 cm³/mol. The van der Waals surface area contributed by atoms with E-state index in [1.165, 1.54) is 0 Å². The Morgan fingerprint density at radius 1 is 1.30 bits per heavy atom. The Morgan fingerprint density at radius 3 is 2.40 bits per heavy atom. The molecule has 4 heteroatoms. The lowest BCUT2D eigenvalue weighted by molar-refractivity contribution is 0.414. The molecule has 0 aliphatic carbocycles. The molecule has 0 saturated heterocycles. The zero-order chi connectivity index (χ0) is 15.1. The second kappa shape index (κ2) is 7.78. The largest absolute Gasteiger partial charge is 0.497 e. The van der Waals surface area contributed by atoms with Crippen LogP contribution in [-0.2, 0) is 0 Å². The van der Waals surface area contributed by atoms with Crippen LogP contribution in [0.25, 0.3) is 0 Å². The van der Waals surface area contributed by atoms with E-state index in [1.807, 2.05) is 18.2 Å². The Balaban J connectivity index is 3.14. The molecule has 0 unspecified atom stereocenters. The van der Waals surface area contributed by atoms with Crippen molar-refractivity contribution in [2.24, 2.45) is 11.7 Å². The number of rotatable bonds is 8. The summed E-state index contributed by atoms with van der Waals surface area (Å²) < 4.78 is 5.30. The van der Waals surface area contributed by atoms with Crippen molar-refractivity contribution in [2.45, 2.75) is 33.6 Å². The normalized spacial score (nSPS) is 10.7. The molecule has 1 rings (SSSR count). The van der Waals surface area contributed by atoms with E-state index in [4.69, 9.17) is 15.9 Å². The molecule has 0 saturated carbocycles. The fourth-order valence-electron chi connectivity index (χ4n) is 2.38. The third kappa shape index (κ3) is 3.89. The van der Waals surface area contributed by atoms with Crippen LogP contribution in [0.2, 0.25) is 0 Å². The fraction of sp³-hybridized carbons (Fsp3) is 0.562. The van der Waals surface area contributed by atoms with Gasteiger partial charge in [-0.05, 0) is 25.0 Å². The highest BCUT2D eigenvalue weighted by molar-refractivity contribution is 6.00. The first kappa shape index (κ1) is 16.3. The number of nitrogens with zero attached hydrogens (tertiary/aromatic N) is 1. The van der Waals surface area contributed by atoms with Gasteiger partial charge in [-0.15, -0.1) is 0 Å². The van der Waals surface area contributed by atoms with Crippen molar-refractivity contribution in [3.63, 3.8) is 0 Å². The zero-order valence-corrected chi connectivity index (χ0v) is 13.1. The first-order valence-electron chi connectivity index (χ1n) is 7.34. The Hall–Kier alpha value is -1.71. The molecule has 0 aliphatic heterocycles. The number of hydrogen-bond donors (Lipinski definition) is 2. The maximum Gasteiger partial charge on any atom is 0.124 e. The Morgan fingerprint density at radius 2 is 1.95 bits per heavy atom. The molecule has 0 atom stereocenters. The average molecular weight is 277 g/mol. The summed E-state index contributed by atoms with van der Waals surface area (Å²) in [7, 11) is 1.66. The van der Waals surface area contributed by atoms with E-state index in [1.54, 1.807) is 7.11 Å². The SMILES string of the molecule is CCC(CC)CN(CC)c1cc(OC)ccc1C(=N)N. The van der Waals surface area contributed by atoms with Crippen molar-refractivity contribution in [3.8, 4) is 5.75 Å². The molecule has 0 spiro atoms. The summed E-state index contributed by atoms with van der Waals surface area (Å²) in [5.74, 6) is 1.56. The van der Waals surface area contributed by atoms with Gasteiger partial charge in [-0.1, -0.05) is 26.7 Å². The molecule has 20 heavy (non-hydrogen) atoms. The van der Waals surface area contributed by atoms with E-state index < -0.39 is 0 Å². The van der Waals surface area contributed by atoms with Crippen LogP contribution >= 0.6 is 0 Å². The highest BCUT2D eigenvalue weighted by Crippen LogP contribution is 2.27. The van der Waals surface area contributed by atoms with Gasteiger partial charge in [0.25, 0.3) is 0 Å². The molecule has 1 aromatic carbocycles. The highest BCUT2D eigenvalue weighted by Gasteiger charge is 2.16. The quantitative estimate of drug-likeness (QED) is 0.566. The lowest BCUT2D eigenvalue weighted by Crippen LogP contribution is -2.31. The molecule has 0 fully saturated rings. The lowest BCUT2D eigenvalue weighted by Gasteiger charge is -2.29. The van der Waals surface area contributed by atoms with Gasteiger partial charge in [-0.3, -0.25) is 5.41 Å². The van der Waals surface area contributed by atoms with Crippen LogP contribution in [0.5, 0.6) is 5.75 Å². The number of benzene rings is 1. The molecule has 3 N–H and O–H groups in total. The molecule has 0 aromatic heterocycles. The second-order valence-corrected chi connectivity index (χ2v) is 5.02. The summed E-state index contributed by atoms with van der Waals surface area (Å²) in [5, 5.41) is 7.75. The van der Waals surface area contributed by atoms with E-state index in [-0.39, 0.29) is 5.84 Å². The van der Waals surface area contributed by atoms with Crippen molar-refractivity contribution < 1.29 is 4.74 Å². The fourth-order valence-corrected chi connectivity index (χ4v) is 2.38. The van der Waals surface area contributed by atoms with Gasteiger partial charge in [0.2, 0.25) is 0 Å². The summed E-state index contributed by atoms with van der Waals surface area (Å²) in [6.07, 6.45) is 2.32. The topological polar surface area (TPSA) is 62.3 Å². The lowest BCUT2D eigenvalue weighted by atomic mass is 10.0. The van der Waals surface area contributed by atoms with Crippen LogP contribution in [-0.4, -0.2) is 26.0 Å². The smallest absolute Gasteiger partial charge is 0.124 e. The van der Waals surface area contributed by atoms with Crippen LogP contribution in [0.1, 0.15) is 39.2 Å². The molecule has 112 valence electrons. The summed E-state index contributed by atoms with van der Waals surface area (Å²) in [4.78, 5) is 2.29. The minimum Gasteiger partial charge on any atom is -0.497 e. The number of amidine groups is 1. The van der Waals surface area contributed by atoms with Gasteiger partial charge in [-0.2, -0.15) is 0 Å². The van der Waals surface area contributed by atoms with Gasteiger partial charge < -0.3 is 15.4 Å². The molecule has 0 amide bonds. The van der Waals surface area contributed by atoms with Crippen molar-refractivity contribution in [2.75, 3.05) is 25.1 Å². The molecule has 0 aliphatic rings. The van der Waals surface area contributed by atoms with E-state index in [9.17, 15) is 0 Å². The van der Waals surface area contributed by atoms with E-state index in [0.29, 0.717) is 5.92 Å². The minimum atomic E-state index is 0.102. The predicted octanol–water partition coefficient (Wildman–Crippen LogP) is 3.24. The van der Waals surface area contributed by atoms with Gasteiger partial charge in [0.1, 0.15) is 11.6 Å². The summed E-state index contributed by atoms with van der Waals surface area (Å²) in [6, 6.07) is 5.69. The molecule has 0 heterocycles. The van der Waals surface area contributed by atoms with E-state index in [0.717, 1.165) is 42.9 Å². The molecular formula is C16H27N3O. The first-order valence-corrected chi connectivity index (χ1v) is 7.34. The first-order chi connectivity index (χ1) is 9.57. The van der Waals surface area contributed by atoms with Gasteiger partial charge in [0.05, 0.1) is 12.8 Å². The number of nitrogen functional groups attached to an aromatic ring is 1. The Bertz CT molecular complexity index is 441. The van der Waals surface area contributed by atoms with Gasteiger partial charge in [-0.25, -0.2) is 0 Å². The molecule has 4 nitrogen and oxygen atoms in total. The number of ether oxygens (including phenoxy) is 1. The number of anilines is 1. The van der Waals surface area contributed by atoms with E-state index >= 15 is 0 Å². The van der Waals surface area contributed by atoms with Crippen LogP contribution in [0, 0.1) is 11.3 Å². The Kier molecular flexibility index (Phi) is 6.36. The number of nitrogens with one attached hydrogen (secondary N) is 1. The number of hydrogen-bond acceptors (Lipinski definition) is 3. The third-order valence-electron chi connectivity index (χ3n) is 3.85. The monoisotopic (exact) mass is 277 g/mol. The second-order valence-electron chi connectivity index (χ2n) is 5.02. The average Bonchev–Trinajstić information content (AvgIpc) is 2.48. The van der Waals surface area contributed by atoms with Crippen LogP contribution in [0.15, 0.2) is 18.2 Å². The van der Waals surface area contributed by atoms with Gasteiger partial charge in [0, 0.05) is 24.7 Å². The maximum atomic E-state index is 7.75. The zero-order valence-electron chi connectivity index (χ0n) is 13.1. The minimum absolute atomic E-state index is 0.102. The molecular weight excluding hydrogens is 250 g/mol. The third-order valence-corrected chi connectivity index (χ3v) is 3.85. The molecule has 1 aromatic rings. The van der Waals surface area contributed by atoms with Gasteiger partial charge in [0.15, 0.2) is 0 Å². The van der Waals surface area contributed by atoms with Crippen molar-refractivity contribution in [1.29, 1.82) is 5.41 Å². The van der Waals surface area contributed by atoms with Crippen LogP contribution < -0.4 is 15.4 Å². The summed E-state index contributed by atoms with van der Waals surface area (Å²) in [5.41, 5.74) is 7.48. The number of nitrogens with two attached hydrogens (primary N) is 1.